The monoisotopic (exact) mass is 378 g/mol. The van der Waals surface area contributed by atoms with E-state index in [2.05, 4.69) is 50.3 Å². The number of methoxy groups -OCH3 is 1. The predicted octanol–water partition coefficient (Wildman–Crippen LogP) is 3.11. The van der Waals surface area contributed by atoms with E-state index >= 15 is 0 Å². The predicted molar refractivity (Wildman–Crippen MR) is 108 cm³/mol. The molecule has 0 N–H and O–H groups in total. The molecule has 2 heterocycles. The second-order valence-electron chi connectivity index (χ2n) is 7.08. The van der Waals surface area contributed by atoms with Crippen molar-refractivity contribution in [1.29, 1.82) is 0 Å². The first-order valence-electron chi connectivity index (χ1n) is 9.75. The molecule has 6 nitrogen and oxygen atoms in total. The van der Waals surface area contributed by atoms with E-state index in [0.29, 0.717) is 18.3 Å². The lowest BCUT2D eigenvalue weighted by Crippen LogP contribution is -2.46. The summed E-state index contributed by atoms with van der Waals surface area (Å²) < 4.78 is 11.0. The van der Waals surface area contributed by atoms with E-state index in [1.54, 1.807) is 7.11 Å². The molecule has 6 heteroatoms. The van der Waals surface area contributed by atoms with Gasteiger partial charge in [0.15, 0.2) is 0 Å². The van der Waals surface area contributed by atoms with Gasteiger partial charge in [0.2, 0.25) is 11.8 Å². The van der Waals surface area contributed by atoms with Gasteiger partial charge in [-0.2, -0.15) is 0 Å². The zero-order valence-corrected chi connectivity index (χ0v) is 16.3. The first kappa shape index (κ1) is 18.7. The van der Waals surface area contributed by atoms with Crippen LogP contribution in [0.15, 0.2) is 59.0 Å². The van der Waals surface area contributed by atoms with Crippen LogP contribution in [0, 0.1) is 0 Å². The summed E-state index contributed by atoms with van der Waals surface area (Å²) in [5.74, 6) is 2.04. The molecular weight excluding hydrogens is 352 g/mol. The van der Waals surface area contributed by atoms with Crippen molar-refractivity contribution in [3.8, 4) is 17.2 Å². The van der Waals surface area contributed by atoms with Gasteiger partial charge in [0.25, 0.3) is 0 Å². The molecule has 0 atom stereocenters. The molecule has 1 fully saturated rings. The SMILES string of the molecule is COc1ccc(-c2nnc(CN3CCN(CCc4ccccc4)CC3)o2)cc1. The van der Waals surface area contributed by atoms with Crippen LogP contribution in [0.5, 0.6) is 5.75 Å². The van der Waals surface area contributed by atoms with E-state index in [9.17, 15) is 0 Å². The van der Waals surface area contributed by atoms with Crippen LogP contribution in [0.2, 0.25) is 0 Å². The number of ether oxygens (including phenoxy) is 1. The lowest BCUT2D eigenvalue weighted by atomic mass is 10.1. The van der Waals surface area contributed by atoms with Gasteiger partial charge in [0, 0.05) is 38.3 Å². The number of rotatable bonds is 7. The van der Waals surface area contributed by atoms with Crippen molar-refractivity contribution in [2.45, 2.75) is 13.0 Å². The van der Waals surface area contributed by atoms with Crippen molar-refractivity contribution in [2.75, 3.05) is 39.8 Å². The summed E-state index contributed by atoms with van der Waals surface area (Å²) in [7, 11) is 1.65. The molecule has 1 aliphatic heterocycles. The third-order valence-electron chi connectivity index (χ3n) is 5.19. The van der Waals surface area contributed by atoms with Crippen LogP contribution in [0.1, 0.15) is 11.5 Å². The molecule has 4 rings (SSSR count). The molecule has 28 heavy (non-hydrogen) atoms. The van der Waals surface area contributed by atoms with Gasteiger partial charge in [0.1, 0.15) is 5.75 Å². The molecule has 0 bridgehead atoms. The van der Waals surface area contributed by atoms with Crippen molar-refractivity contribution < 1.29 is 9.15 Å². The Morgan fingerprint density at radius 2 is 1.61 bits per heavy atom. The van der Waals surface area contributed by atoms with Crippen LogP contribution in [-0.2, 0) is 13.0 Å². The minimum absolute atomic E-state index is 0.555. The summed E-state index contributed by atoms with van der Waals surface area (Å²) in [6.45, 7) is 6.01. The molecule has 0 radical (unpaired) electrons. The summed E-state index contributed by atoms with van der Waals surface area (Å²) in [6.07, 6.45) is 1.11. The van der Waals surface area contributed by atoms with E-state index in [-0.39, 0.29) is 0 Å². The third kappa shape index (κ3) is 4.77. The molecule has 3 aromatic rings. The summed E-state index contributed by atoms with van der Waals surface area (Å²) in [5.41, 5.74) is 2.31. The van der Waals surface area contributed by atoms with Gasteiger partial charge < -0.3 is 14.1 Å². The molecule has 0 spiro atoms. The van der Waals surface area contributed by atoms with Gasteiger partial charge in [-0.3, -0.25) is 4.90 Å². The van der Waals surface area contributed by atoms with Gasteiger partial charge >= 0.3 is 0 Å². The Kier molecular flexibility index (Phi) is 5.99. The quantitative estimate of drug-likeness (QED) is 0.630. The maximum Gasteiger partial charge on any atom is 0.247 e. The summed E-state index contributed by atoms with van der Waals surface area (Å²) in [5, 5.41) is 8.41. The highest BCUT2D eigenvalue weighted by Gasteiger charge is 2.19. The summed E-state index contributed by atoms with van der Waals surface area (Å²) >= 11 is 0. The Hall–Kier alpha value is -2.70. The average Bonchev–Trinajstić information content (AvgIpc) is 3.22. The van der Waals surface area contributed by atoms with Crippen LogP contribution in [0.4, 0.5) is 0 Å². The van der Waals surface area contributed by atoms with Gasteiger partial charge in [-0.05, 0) is 36.2 Å². The fourth-order valence-corrected chi connectivity index (χ4v) is 3.46. The smallest absolute Gasteiger partial charge is 0.247 e. The van der Waals surface area contributed by atoms with Crippen LogP contribution >= 0.6 is 0 Å². The van der Waals surface area contributed by atoms with Crippen molar-refractivity contribution in [3.63, 3.8) is 0 Å². The second kappa shape index (κ2) is 8.99. The molecule has 1 aromatic heterocycles. The summed E-state index contributed by atoms with van der Waals surface area (Å²) in [4.78, 5) is 4.91. The van der Waals surface area contributed by atoms with Gasteiger partial charge in [-0.15, -0.1) is 10.2 Å². The van der Waals surface area contributed by atoms with Crippen LogP contribution in [0.3, 0.4) is 0 Å². The molecule has 0 unspecified atom stereocenters. The van der Waals surface area contributed by atoms with Crippen molar-refractivity contribution in [1.82, 2.24) is 20.0 Å². The lowest BCUT2D eigenvalue weighted by molar-refractivity contribution is 0.120. The molecule has 1 saturated heterocycles. The first-order chi connectivity index (χ1) is 13.8. The van der Waals surface area contributed by atoms with Crippen LogP contribution < -0.4 is 4.74 Å². The number of benzene rings is 2. The van der Waals surface area contributed by atoms with Crippen LogP contribution in [0.25, 0.3) is 11.5 Å². The van der Waals surface area contributed by atoms with Gasteiger partial charge in [-0.1, -0.05) is 30.3 Å². The van der Waals surface area contributed by atoms with Crippen molar-refractivity contribution >= 4 is 0 Å². The molecular formula is C22H26N4O2. The lowest BCUT2D eigenvalue weighted by Gasteiger charge is -2.33. The molecule has 0 aliphatic carbocycles. The maximum atomic E-state index is 5.86. The van der Waals surface area contributed by atoms with E-state index in [0.717, 1.165) is 50.5 Å². The summed E-state index contributed by atoms with van der Waals surface area (Å²) in [6, 6.07) is 18.3. The number of piperazine rings is 1. The number of hydrogen-bond donors (Lipinski definition) is 0. The van der Waals surface area contributed by atoms with Crippen molar-refractivity contribution in [3.05, 3.63) is 66.1 Å². The average molecular weight is 378 g/mol. The van der Waals surface area contributed by atoms with E-state index in [4.69, 9.17) is 9.15 Å². The fourth-order valence-electron chi connectivity index (χ4n) is 3.46. The third-order valence-corrected chi connectivity index (χ3v) is 5.19. The minimum atomic E-state index is 0.555. The van der Waals surface area contributed by atoms with Gasteiger partial charge in [-0.25, -0.2) is 0 Å². The Bertz CT molecular complexity index is 856. The maximum absolute atomic E-state index is 5.86. The Labute approximate surface area is 165 Å². The Morgan fingerprint density at radius 3 is 2.32 bits per heavy atom. The fraction of sp³-hybridized carbons (Fsp3) is 0.364. The highest BCUT2D eigenvalue weighted by Crippen LogP contribution is 2.21. The zero-order valence-electron chi connectivity index (χ0n) is 16.3. The van der Waals surface area contributed by atoms with Gasteiger partial charge in [0.05, 0.1) is 13.7 Å². The van der Waals surface area contributed by atoms with E-state index in [1.807, 2.05) is 24.3 Å². The van der Waals surface area contributed by atoms with Crippen molar-refractivity contribution in [2.24, 2.45) is 0 Å². The number of hydrogen-bond acceptors (Lipinski definition) is 6. The molecule has 0 amide bonds. The largest absolute Gasteiger partial charge is 0.497 e. The Morgan fingerprint density at radius 1 is 0.893 bits per heavy atom. The minimum Gasteiger partial charge on any atom is -0.497 e. The van der Waals surface area contributed by atoms with E-state index < -0.39 is 0 Å². The topological polar surface area (TPSA) is 54.6 Å². The standard InChI is InChI=1S/C22H26N4O2/c1-27-20-9-7-19(8-10-20)22-24-23-21(28-22)17-26-15-13-25(14-16-26)12-11-18-5-3-2-4-6-18/h2-10H,11-17H2,1H3. The highest BCUT2D eigenvalue weighted by atomic mass is 16.5. The first-order valence-corrected chi connectivity index (χ1v) is 9.75. The zero-order chi connectivity index (χ0) is 19.2. The second-order valence-corrected chi connectivity index (χ2v) is 7.08. The van der Waals surface area contributed by atoms with Crippen LogP contribution in [-0.4, -0.2) is 59.8 Å². The molecule has 146 valence electrons. The molecule has 0 saturated carbocycles. The Balaban J connectivity index is 1.25. The highest BCUT2D eigenvalue weighted by molar-refractivity contribution is 5.53. The molecule has 1 aliphatic rings. The normalized spacial score (nSPS) is 15.6. The number of nitrogens with zero attached hydrogens (tertiary/aromatic N) is 4. The molecule has 2 aromatic carbocycles. The number of aromatic nitrogens is 2. The van der Waals surface area contributed by atoms with E-state index in [1.165, 1.54) is 5.56 Å².